The summed E-state index contributed by atoms with van der Waals surface area (Å²) in [5.41, 5.74) is 2.71. The van der Waals surface area contributed by atoms with Crippen LogP contribution in [0.5, 0.6) is 11.5 Å². The Labute approximate surface area is 257 Å². The number of aromatic nitrogens is 1. The summed E-state index contributed by atoms with van der Waals surface area (Å²) in [6.45, 7) is 1.69. The first kappa shape index (κ1) is 28.3. The Bertz CT molecular complexity index is 1780. The lowest BCUT2D eigenvalue weighted by molar-refractivity contribution is -0.122. The number of amides is 3. The van der Waals surface area contributed by atoms with E-state index >= 15 is 0 Å². The van der Waals surface area contributed by atoms with E-state index in [9.17, 15) is 24.3 Å². The van der Waals surface area contributed by atoms with E-state index in [2.05, 4.69) is 21.2 Å². The maximum Gasteiger partial charge on any atom is 0.308 e. The fourth-order valence-electron chi connectivity index (χ4n) is 5.33. The summed E-state index contributed by atoms with van der Waals surface area (Å²) in [6.07, 6.45) is 0. The molecule has 12 heteroatoms. The molecule has 2 N–H and O–H groups in total. The zero-order chi connectivity index (χ0) is 29.7. The summed E-state index contributed by atoms with van der Waals surface area (Å²) in [6, 6.07) is 19.0. The number of aromatic hydroxyl groups is 1. The number of imide groups is 1. The maximum atomic E-state index is 14.0. The van der Waals surface area contributed by atoms with E-state index in [1.165, 1.54) is 22.6 Å². The summed E-state index contributed by atoms with van der Waals surface area (Å²) in [5, 5.41) is 12.7. The second-order valence-electron chi connectivity index (χ2n) is 10.00. The zero-order valence-electron chi connectivity index (χ0n) is 22.4. The van der Waals surface area contributed by atoms with Gasteiger partial charge in [0.25, 0.3) is 0 Å². The lowest BCUT2D eigenvalue weighted by atomic mass is 9.83. The molecule has 0 radical (unpaired) electrons. The van der Waals surface area contributed by atoms with Gasteiger partial charge in [-0.1, -0.05) is 62.8 Å². The average molecular weight is 667 g/mol. The van der Waals surface area contributed by atoms with Gasteiger partial charge in [0.2, 0.25) is 17.7 Å². The van der Waals surface area contributed by atoms with E-state index in [0.29, 0.717) is 26.8 Å². The Hall–Kier alpha value is -3.87. The van der Waals surface area contributed by atoms with Gasteiger partial charge in [0.1, 0.15) is 11.8 Å². The maximum absolute atomic E-state index is 14.0. The number of carbonyl (C=O) groups excluding carboxylic acids is 3. The van der Waals surface area contributed by atoms with Crippen molar-refractivity contribution in [3.63, 3.8) is 0 Å². The van der Waals surface area contributed by atoms with Gasteiger partial charge in [-0.3, -0.25) is 23.7 Å². The summed E-state index contributed by atoms with van der Waals surface area (Å²) >= 11 is 5.48. The molecule has 214 valence electrons. The highest BCUT2D eigenvalue weighted by molar-refractivity contribution is 9.10. The molecule has 3 heterocycles. The van der Waals surface area contributed by atoms with Crippen LogP contribution in [0.4, 0.5) is 11.4 Å². The molecule has 9 nitrogen and oxygen atoms in total. The summed E-state index contributed by atoms with van der Waals surface area (Å²) in [4.78, 5) is 55.6. The van der Waals surface area contributed by atoms with Crippen molar-refractivity contribution in [3.8, 4) is 11.5 Å². The Morgan fingerprint density at radius 2 is 1.74 bits per heavy atom. The van der Waals surface area contributed by atoms with Crippen molar-refractivity contribution in [1.82, 2.24) is 4.57 Å². The number of thioether (sulfide) groups is 1. The van der Waals surface area contributed by atoms with Gasteiger partial charge in [0, 0.05) is 21.0 Å². The van der Waals surface area contributed by atoms with Crippen LogP contribution in [0.25, 0.3) is 0 Å². The van der Waals surface area contributed by atoms with Crippen LogP contribution in [-0.2, 0) is 20.9 Å². The molecule has 1 saturated heterocycles. The number of thiazole rings is 1. The van der Waals surface area contributed by atoms with Crippen molar-refractivity contribution in [2.24, 2.45) is 5.92 Å². The molecule has 3 atom stereocenters. The number of methoxy groups -OCH3 is 1. The number of carbonyl (C=O) groups is 3. The summed E-state index contributed by atoms with van der Waals surface area (Å²) in [7, 11) is 1.42. The molecular formula is C30H24BrN3O6S2. The molecule has 0 saturated carbocycles. The SMILES string of the molecule is COc1cc(C2c3sc(=O)n(CC(=O)Nc4ccc(C)cc4)c3SC3C(=O)N(c4ccc(Br)cc4)C(=O)C32)ccc1O. The van der Waals surface area contributed by atoms with Crippen molar-refractivity contribution in [2.75, 3.05) is 17.3 Å². The number of aryl methyl sites for hydroxylation is 1. The largest absolute Gasteiger partial charge is 0.504 e. The minimum Gasteiger partial charge on any atom is -0.504 e. The molecule has 4 aromatic rings. The van der Waals surface area contributed by atoms with Crippen LogP contribution >= 0.6 is 39.0 Å². The molecular weight excluding hydrogens is 642 g/mol. The minimum atomic E-state index is -0.834. The Kier molecular flexibility index (Phi) is 7.46. The van der Waals surface area contributed by atoms with Gasteiger partial charge >= 0.3 is 4.87 Å². The number of rotatable bonds is 6. The lowest BCUT2D eigenvalue weighted by Crippen LogP contribution is -2.33. The molecule has 1 fully saturated rings. The number of fused-ring (bicyclic) bond motifs is 2. The molecule has 2 aliphatic heterocycles. The van der Waals surface area contributed by atoms with Crippen molar-refractivity contribution in [3.05, 3.63) is 96.9 Å². The highest BCUT2D eigenvalue weighted by Crippen LogP contribution is 2.54. The van der Waals surface area contributed by atoms with Gasteiger partial charge in [-0.2, -0.15) is 0 Å². The number of hydrogen-bond donors (Lipinski definition) is 2. The molecule has 3 aromatic carbocycles. The van der Waals surface area contributed by atoms with Crippen molar-refractivity contribution in [2.45, 2.75) is 29.7 Å². The monoisotopic (exact) mass is 665 g/mol. The van der Waals surface area contributed by atoms with Gasteiger partial charge in [-0.05, 0) is 61.0 Å². The van der Waals surface area contributed by atoms with Gasteiger partial charge in [0.15, 0.2) is 11.5 Å². The molecule has 2 aliphatic rings. The van der Waals surface area contributed by atoms with Gasteiger partial charge in [-0.15, -0.1) is 0 Å². The number of benzene rings is 3. The van der Waals surface area contributed by atoms with Crippen molar-refractivity contribution in [1.29, 1.82) is 0 Å². The topological polar surface area (TPSA) is 118 Å². The smallest absolute Gasteiger partial charge is 0.308 e. The van der Waals surface area contributed by atoms with E-state index in [0.717, 1.165) is 33.1 Å². The standard InChI is InChI=1S/C30H24BrN3O6S2/c1-15-3-8-18(9-4-15)32-22(36)14-33-29-26(42-30(33)39)23(16-5-12-20(35)21(13-16)40-2)24-25(41-29)28(38)34(27(24)37)19-10-6-17(31)7-11-19/h3-13,23-25,35H,14H2,1-2H3,(H,32,36). The van der Waals surface area contributed by atoms with E-state index in [1.54, 1.807) is 48.5 Å². The second-order valence-corrected chi connectivity index (χ2v) is 13.0. The first-order valence-corrected chi connectivity index (χ1v) is 15.4. The van der Waals surface area contributed by atoms with Crippen molar-refractivity contribution < 1.29 is 24.2 Å². The zero-order valence-corrected chi connectivity index (χ0v) is 25.6. The fraction of sp³-hybridized carbons (Fsp3) is 0.200. The predicted molar refractivity (Wildman–Crippen MR) is 165 cm³/mol. The van der Waals surface area contributed by atoms with E-state index < -0.39 is 28.9 Å². The van der Waals surface area contributed by atoms with Crippen LogP contribution in [-0.4, -0.2) is 39.8 Å². The predicted octanol–water partition coefficient (Wildman–Crippen LogP) is 5.13. The third-order valence-corrected chi connectivity index (χ3v) is 10.5. The molecule has 3 amide bonds. The van der Waals surface area contributed by atoms with E-state index in [1.807, 2.05) is 19.1 Å². The van der Waals surface area contributed by atoms with Gasteiger partial charge < -0.3 is 15.2 Å². The number of hydrogen-bond acceptors (Lipinski definition) is 8. The summed E-state index contributed by atoms with van der Waals surface area (Å²) < 4.78 is 7.51. The molecule has 0 spiro atoms. The van der Waals surface area contributed by atoms with Crippen LogP contribution in [0.1, 0.15) is 21.9 Å². The lowest BCUT2D eigenvalue weighted by Gasteiger charge is -2.31. The van der Waals surface area contributed by atoms with Crippen LogP contribution in [0, 0.1) is 12.8 Å². The summed E-state index contributed by atoms with van der Waals surface area (Å²) in [5.74, 6) is -2.54. The molecule has 42 heavy (non-hydrogen) atoms. The first-order valence-electron chi connectivity index (χ1n) is 12.9. The first-order chi connectivity index (χ1) is 20.2. The number of phenolic OH excluding ortho intramolecular Hbond substituents is 1. The minimum absolute atomic E-state index is 0.0768. The normalized spacial score (nSPS) is 19.4. The molecule has 0 aliphatic carbocycles. The molecule has 6 rings (SSSR count). The van der Waals surface area contributed by atoms with E-state index in [-0.39, 0.29) is 28.8 Å². The number of anilines is 2. The number of nitrogens with zero attached hydrogens (tertiary/aromatic N) is 2. The Morgan fingerprint density at radius 3 is 2.43 bits per heavy atom. The van der Waals surface area contributed by atoms with Crippen molar-refractivity contribution >= 4 is 68.1 Å². The molecule has 1 aromatic heterocycles. The second kappa shape index (κ2) is 11.1. The highest BCUT2D eigenvalue weighted by atomic mass is 79.9. The quantitative estimate of drug-likeness (QED) is 0.274. The number of halogens is 1. The van der Waals surface area contributed by atoms with Crippen LogP contribution in [0.3, 0.4) is 0 Å². The third-order valence-electron chi connectivity index (χ3n) is 7.33. The Balaban J connectivity index is 1.43. The van der Waals surface area contributed by atoms with Crippen LogP contribution < -0.4 is 19.8 Å². The van der Waals surface area contributed by atoms with Crippen LogP contribution in [0.2, 0.25) is 0 Å². The van der Waals surface area contributed by atoms with E-state index in [4.69, 9.17) is 4.74 Å². The number of ether oxygens (including phenoxy) is 1. The third kappa shape index (κ3) is 4.93. The van der Waals surface area contributed by atoms with Gasteiger partial charge in [0.05, 0.1) is 23.7 Å². The fourth-order valence-corrected chi connectivity index (χ4v) is 8.37. The average Bonchev–Trinajstić information content (AvgIpc) is 3.41. The van der Waals surface area contributed by atoms with Gasteiger partial charge in [-0.25, -0.2) is 4.90 Å². The highest BCUT2D eigenvalue weighted by Gasteiger charge is 2.57. The Morgan fingerprint density at radius 1 is 1.02 bits per heavy atom. The van der Waals surface area contributed by atoms with Crippen LogP contribution in [0.15, 0.2) is 81.0 Å². The number of nitrogens with one attached hydrogen (secondary N) is 1. The molecule has 0 bridgehead atoms. The molecule has 3 unspecified atom stereocenters. The number of phenols is 1.